The number of para-hydroxylation sites is 1. The van der Waals surface area contributed by atoms with E-state index in [-0.39, 0.29) is 0 Å². The molecule has 1 aliphatic carbocycles. The summed E-state index contributed by atoms with van der Waals surface area (Å²) >= 11 is 0. The van der Waals surface area contributed by atoms with Gasteiger partial charge in [-0.3, -0.25) is 4.79 Å². The molecular weight excluding hydrogens is 364 g/mol. The number of hydrogen-bond acceptors (Lipinski definition) is 4. The number of ether oxygens (including phenoxy) is 1. The Balaban J connectivity index is 1.89. The van der Waals surface area contributed by atoms with Crippen molar-refractivity contribution in [1.82, 2.24) is 4.98 Å². The Kier molecular flexibility index (Phi) is 5.12. The van der Waals surface area contributed by atoms with E-state index < -0.39 is 18.0 Å². The van der Waals surface area contributed by atoms with Gasteiger partial charge in [0.1, 0.15) is 0 Å². The molecule has 1 amide bonds. The standard InChI is InChI=1S/C24H22N2O3/c1-15(23(25)27)29-24(28)21-18-11-5-6-13-20(18)26-22-17(10-7-12-19(21)22)14-16-8-3-2-4-9-16/h2-6,8-9,11,13-15H,7,10,12H2,1H3,(H2,25,27)/b17-14-/t15-/m1/s1. The fraction of sp³-hybridized carbons (Fsp3) is 0.208. The van der Waals surface area contributed by atoms with Crippen LogP contribution in [-0.2, 0) is 16.0 Å². The lowest BCUT2D eigenvalue weighted by molar-refractivity contribution is -0.125. The van der Waals surface area contributed by atoms with Crippen molar-refractivity contribution in [2.45, 2.75) is 32.3 Å². The molecule has 4 rings (SSSR count). The third-order valence-electron chi connectivity index (χ3n) is 5.20. The van der Waals surface area contributed by atoms with Crippen LogP contribution in [0.5, 0.6) is 0 Å². The molecule has 0 unspecified atom stereocenters. The number of carbonyl (C=O) groups excluding carboxylic acids is 2. The Morgan fingerprint density at radius 2 is 1.79 bits per heavy atom. The normalized spacial score (nSPS) is 15.7. The summed E-state index contributed by atoms with van der Waals surface area (Å²) in [6.45, 7) is 1.48. The molecule has 0 spiro atoms. The van der Waals surface area contributed by atoms with Gasteiger partial charge in [-0.05, 0) is 55.0 Å². The molecule has 0 saturated carbocycles. The number of nitrogens with zero attached hydrogens (tertiary/aromatic N) is 1. The van der Waals surface area contributed by atoms with Crippen molar-refractivity contribution in [2.75, 3.05) is 0 Å². The molecule has 5 nitrogen and oxygen atoms in total. The monoisotopic (exact) mass is 386 g/mol. The summed E-state index contributed by atoms with van der Waals surface area (Å²) in [5.41, 5.74) is 10.4. The van der Waals surface area contributed by atoms with Crippen molar-refractivity contribution < 1.29 is 14.3 Å². The summed E-state index contributed by atoms with van der Waals surface area (Å²) < 4.78 is 5.36. The number of allylic oxidation sites excluding steroid dienone is 1. The van der Waals surface area contributed by atoms with E-state index in [1.807, 2.05) is 54.6 Å². The summed E-state index contributed by atoms with van der Waals surface area (Å²) in [7, 11) is 0. The zero-order chi connectivity index (χ0) is 20.4. The lowest BCUT2D eigenvalue weighted by Gasteiger charge is -2.23. The first-order valence-corrected chi connectivity index (χ1v) is 9.72. The fourth-order valence-corrected chi connectivity index (χ4v) is 3.74. The molecule has 3 aromatic rings. The number of primary amides is 1. The quantitative estimate of drug-likeness (QED) is 0.683. The third-order valence-corrected chi connectivity index (χ3v) is 5.20. The third kappa shape index (κ3) is 3.76. The predicted octanol–water partition coefficient (Wildman–Crippen LogP) is 4.14. The maximum Gasteiger partial charge on any atom is 0.339 e. The second-order valence-corrected chi connectivity index (χ2v) is 7.21. The number of nitrogens with two attached hydrogens (primary N) is 1. The van der Waals surface area contributed by atoms with Crippen molar-refractivity contribution >= 4 is 34.4 Å². The van der Waals surface area contributed by atoms with Crippen LogP contribution in [0.4, 0.5) is 0 Å². The molecule has 0 fully saturated rings. The number of carbonyl (C=O) groups is 2. The number of rotatable bonds is 4. The minimum atomic E-state index is -0.993. The van der Waals surface area contributed by atoms with Crippen molar-refractivity contribution in [3.05, 3.63) is 77.0 Å². The highest BCUT2D eigenvalue weighted by atomic mass is 16.5. The van der Waals surface area contributed by atoms with Gasteiger partial charge in [-0.15, -0.1) is 0 Å². The Labute approximate surface area is 169 Å². The van der Waals surface area contributed by atoms with E-state index in [0.29, 0.717) is 5.56 Å². The number of aromatic nitrogens is 1. The maximum absolute atomic E-state index is 13.0. The number of fused-ring (bicyclic) bond motifs is 2. The van der Waals surface area contributed by atoms with E-state index in [9.17, 15) is 9.59 Å². The largest absolute Gasteiger partial charge is 0.449 e. The van der Waals surface area contributed by atoms with Gasteiger partial charge in [0.15, 0.2) is 6.10 Å². The fourth-order valence-electron chi connectivity index (χ4n) is 3.74. The van der Waals surface area contributed by atoms with Crippen LogP contribution < -0.4 is 5.73 Å². The summed E-state index contributed by atoms with van der Waals surface area (Å²) in [5.74, 6) is -1.21. The molecule has 0 bridgehead atoms. The topological polar surface area (TPSA) is 82.3 Å². The molecule has 1 atom stereocenters. The number of hydrogen-bond donors (Lipinski definition) is 1. The van der Waals surface area contributed by atoms with Gasteiger partial charge in [-0.25, -0.2) is 9.78 Å². The SMILES string of the molecule is C[C@@H](OC(=O)c1c2c(nc3ccccc13)/C(=C\c1ccccc1)CCC2)C(N)=O. The zero-order valence-corrected chi connectivity index (χ0v) is 16.2. The summed E-state index contributed by atoms with van der Waals surface area (Å²) in [6.07, 6.45) is 3.67. The van der Waals surface area contributed by atoms with Crippen molar-refractivity contribution in [3.8, 4) is 0 Å². The molecule has 0 radical (unpaired) electrons. The van der Waals surface area contributed by atoms with E-state index in [1.54, 1.807) is 0 Å². The number of amides is 1. The van der Waals surface area contributed by atoms with Crippen molar-refractivity contribution in [1.29, 1.82) is 0 Å². The molecule has 146 valence electrons. The lowest BCUT2D eigenvalue weighted by atomic mass is 9.86. The molecule has 1 aromatic heterocycles. The van der Waals surface area contributed by atoms with Gasteiger partial charge >= 0.3 is 5.97 Å². The first kappa shape index (κ1) is 18.9. The minimum absolute atomic E-state index is 0.484. The van der Waals surface area contributed by atoms with Crippen molar-refractivity contribution in [3.63, 3.8) is 0 Å². The maximum atomic E-state index is 13.0. The van der Waals surface area contributed by atoms with Crippen molar-refractivity contribution in [2.24, 2.45) is 5.73 Å². The highest BCUT2D eigenvalue weighted by Gasteiger charge is 2.27. The number of esters is 1. The van der Waals surface area contributed by atoms with Gasteiger partial charge in [0.2, 0.25) is 0 Å². The Hall–Kier alpha value is -3.47. The second-order valence-electron chi connectivity index (χ2n) is 7.21. The van der Waals surface area contributed by atoms with Gasteiger partial charge in [-0.1, -0.05) is 48.5 Å². The van der Waals surface area contributed by atoms with Gasteiger partial charge in [0, 0.05) is 5.39 Å². The Morgan fingerprint density at radius 3 is 2.55 bits per heavy atom. The minimum Gasteiger partial charge on any atom is -0.449 e. The van der Waals surface area contributed by atoms with Crippen LogP contribution in [0.3, 0.4) is 0 Å². The van der Waals surface area contributed by atoms with Crippen LogP contribution in [0.1, 0.15) is 46.9 Å². The summed E-state index contributed by atoms with van der Waals surface area (Å²) in [6, 6.07) is 17.6. The van der Waals surface area contributed by atoms with Crippen LogP contribution in [0.25, 0.3) is 22.6 Å². The number of benzene rings is 2. The molecule has 29 heavy (non-hydrogen) atoms. The van der Waals surface area contributed by atoms with Gasteiger partial charge < -0.3 is 10.5 Å². The molecule has 1 aliphatic rings. The van der Waals surface area contributed by atoms with E-state index in [0.717, 1.165) is 52.6 Å². The number of pyridine rings is 1. The van der Waals surface area contributed by atoms with Crippen LogP contribution in [0.15, 0.2) is 54.6 Å². The molecular formula is C24H22N2O3. The zero-order valence-electron chi connectivity index (χ0n) is 16.2. The van der Waals surface area contributed by atoms with E-state index >= 15 is 0 Å². The molecule has 0 saturated heterocycles. The first-order chi connectivity index (χ1) is 14.0. The Bertz CT molecular complexity index is 1120. The predicted molar refractivity (Wildman–Crippen MR) is 113 cm³/mol. The smallest absolute Gasteiger partial charge is 0.339 e. The van der Waals surface area contributed by atoms with Crippen LogP contribution in [0.2, 0.25) is 0 Å². The second kappa shape index (κ2) is 7.87. The van der Waals surface area contributed by atoms with Gasteiger partial charge in [0.05, 0.1) is 16.8 Å². The molecule has 1 heterocycles. The van der Waals surface area contributed by atoms with Crippen LogP contribution in [-0.4, -0.2) is 23.0 Å². The first-order valence-electron chi connectivity index (χ1n) is 9.72. The molecule has 0 aliphatic heterocycles. The van der Waals surface area contributed by atoms with E-state index in [2.05, 4.69) is 6.08 Å². The average molecular weight is 386 g/mol. The summed E-state index contributed by atoms with van der Waals surface area (Å²) in [5, 5.41) is 0.730. The average Bonchev–Trinajstić information content (AvgIpc) is 2.73. The van der Waals surface area contributed by atoms with Crippen LogP contribution in [0, 0.1) is 0 Å². The van der Waals surface area contributed by atoms with Gasteiger partial charge in [-0.2, -0.15) is 0 Å². The molecule has 2 aromatic carbocycles. The molecule has 5 heteroatoms. The van der Waals surface area contributed by atoms with Crippen LogP contribution >= 0.6 is 0 Å². The van der Waals surface area contributed by atoms with Gasteiger partial charge in [0.25, 0.3) is 5.91 Å². The van der Waals surface area contributed by atoms with E-state index in [1.165, 1.54) is 6.92 Å². The Morgan fingerprint density at radius 1 is 1.07 bits per heavy atom. The highest BCUT2D eigenvalue weighted by Crippen LogP contribution is 2.36. The van der Waals surface area contributed by atoms with E-state index in [4.69, 9.17) is 15.5 Å². The molecule has 2 N–H and O–H groups in total. The summed E-state index contributed by atoms with van der Waals surface area (Å²) in [4.78, 5) is 29.3. The lowest BCUT2D eigenvalue weighted by Crippen LogP contribution is -2.31. The highest BCUT2D eigenvalue weighted by molar-refractivity contribution is 6.07.